The van der Waals surface area contributed by atoms with Crippen LogP contribution in [0.4, 0.5) is 5.82 Å². The van der Waals surface area contributed by atoms with E-state index in [-0.39, 0.29) is 0 Å². The lowest BCUT2D eigenvalue weighted by Crippen LogP contribution is -2.42. The highest BCUT2D eigenvalue weighted by atomic mass is 16.5. The third kappa shape index (κ3) is 3.38. The molecule has 0 spiro atoms. The van der Waals surface area contributed by atoms with Gasteiger partial charge in [-0.05, 0) is 6.42 Å². The third-order valence-electron chi connectivity index (χ3n) is 3.11. The third-order valence-corrected chi connectivity index (χ3v) is 3.11. The van der Waals surface area contributed by atoms with Crippen molar-refractivity contribution >= 4 is 5.82 Å². The molecule has 1 aromatic rings. The first-order chi connectivity index (χ1) is 8.22. The van der Waals surface area contributed by atoms with Crippen LogP contribution in [0.2, 0.25) is 0 Å². The normalized spacial score (nSPS) is 18.9. The predicted molar refractivity (Wildman–Crippen MR) is 64.9 cm³/mol. The number of hydrogen-bond donors (Lipinski definition) is 2. The van der Waals surface area contributed by atoms with Crippen LogP contribution in [0.1, 0.15) is 25.5 Å². The zero-order chi connectivity index (χ0) is 12.1. The molecule has 1 saturated heterocycles. The molecule has 0 bridgehead atoms. The van der Waals surface area contributed by atoms with Gasteiger partial charge in [0.1, 0.15) is 12.1 Å². The second-order valence-electron chi connectivity index (χ2n) is 4.44. The van der Waals surface area contributed by atoms with Gasteiger partial charge in [-0.3, -0.25) is 0 Å². The van der Waals surface area contributed by atoms with Crippen LogP contribution in [-0.4, -0.2) is 40.4 Å². The van der Waals surface area contributed by atoms with Crippen LogP contribution in [0.25, 0.3) is 0 Å². The summed E-state index contributed by atoms with van der Waals surface area (Å²) in [4.78, 5) is 8.27. The van der Waals surface area contributed by atoms with Crippen molar-refractivity contribution in [2.24, 2.45) is 0 Å². The van der Waals surface area contributed by atoms with Crippen LogP contribution in [-0.2, 0) is 11.2 Å². The highest BCUT2D eigenvalue weighted by molar-refractivity contribution is 5.35. The lowest BCUT2D eigenvalue weighted by atomic mass is 9.94. The molecule has 5 heteroatoms. The molecule has 0 unspecified atom stereocenters. The van der Waals surface area contributed by atoms with Crippen LogP contribution in [0.5, 0.6) is 0 Å². The van der Waals surface area contributed by atoms with Gasteiger partial charge in [-0.15, -0.1) is 0 Å². The van der Waals surface area contributed by atoms with E-state index in [1.165, 1.54) is 0 Å². The Morgan fingerprint density at radius 3 is 2.88 bits per heavy atom. The molecule has 2 heterocycles. The Balaban J connectivity index is 1.92. The number of nitrogens with zero attached hydrogens (tertiary/aromatic N) is 2. The molecule has 0 atom stereocenters. The molecule has 94 valence electrons. The minimum Gasteiger partial charge on any atom is -0.388 e. The standard InChI is InChI=1S/C12H19N3O2/c1-2-10-7-11(15-9-14-10)13-8-12(16)3-5-17-6-4-12/h7,9,16H,2-6,8H2,1H3,(H,13,14,15). The van der Waals surface area contributed by atoms with Gasteiger partial charge >= 0.3 is 0 Å². The maximum atomic E-state index is 10.3. The summed E-state index contributed by atoms with van der Waals surface area (Å²) < 4.78 is 5.24. The Kier molecular flexibility index (Phi) is 3.91. The molecule has 2 N–H and O–H groups in total. The summed E-state index contributed by atoms with van der Waals surface area (Å²) in [6.07, 6.45) is 3.78. The van der Waals surface area contributed by atoms with Crippen LogP contribution < -0.4 is 5.32 Å². The Morgan fingerprint density at radius 2 is 2.18 bits per heavy atom. The van der Waals surface area contributed by atoms with E-state index < -0.39 is 5.60 Å². The first kappa shape index (κ1) is 12.3. The largest absolute Gasteiger partial charge is 0.388 e. The van der Waals surface area contributed by atoms with E-state index in [9.17, 15) is 5.11 Å². The molecule has 0 saturated carbocycles. The minimum absolute atomic E-state index is 0.510. The van der Waals surface area contributed by atoms with Crippen molar-refractivity contribution in [3.8, 4) is 0 Å². The van der Waals surface area contributed by atoms with Gasteiger partial charge in [-0.1, -0.05) is 6.92 Å². The number of aliphatic hydroxyl groups is 1. The average Bonchev–Trinajstić information content (AvgIpc) is 2.38. The zero-order valence-electron chi connectivity index (χ0n) is 10.1. The quantitative estimate of drug-likeness (QED) is 0.817. The summed E-state index contributed by atoms with van der Waals surface area (Å²) >= 11 is 0. The Labute approximate surface area is 101 Å². The molecule has 0 aromatic carbocycles. The lowest BCUT2D eigenvalue weighted by molar-refractivity contribution is -0.0543. The van der Waals surface area contributed by atoms with Gasteiger partial charge < -0.3 is 15.2 Å². The summed E-state index contributed by atoms with van der Waals surface area (Å²) in [5, 5.41) is 13.4. The number of aromatic nitrogens is 2. The number of ether oxygens (including phenoxy) is 1. The number of nitrogens with one attached hydrogen (secondary N) is 1. The first-order valence-corrected chi connectivity index (χ1v) is 6.07. The van der Waals surface area contributed by atoms with Gasteiger partial charge in [0.25, 0.3) is 0 Å². The van der Waals surface area contributed by atoms with E-state index >= 15 is 0 Å². The topological polar surface area (TPSA) is 67.3 Å². The SMILES string of the molecule is CCc1cc(NCC2(O)CCOCC2)ncn1. The molecule has 2 rings (SSSR count). The smallest absolute Gasteiger partial charge is 0.129 e. The van der Waals surface area contributed by atoms with Crippen molar-refractivity contribution in [2.75, 3.05) is 25.1 Å². The van der Waals surface area contributed by atoms with Crippen molar-refractivity contribution in [1.29, 1.82) is 0 Å². The van der Waals surface area contributed by atoms with Crippen LogP contribution in [0.15, 0.2) is 12.4 Å². The molecule has 0 aliphatic carbocycles. The fourth-order valence-electron chi connectivity index (χ4n) is 1.87. The molecule has 1 aliphatic rings. The van der Waals surface area contributed by atoms with E-state index in [4.69, 9.17) is 4.74 Å². The van der Waals surface area contributed by atoms with E-state index in [2.05, 4.69) is 22.2 Å². The lowest BCUT2D eigenvalue weighted by Gasteiger charge is -2.32. The van der Waals surface area contributed by atoms with E-state index in [0.29, 0.717) is 32.6 Å². The van der Waals surface area contributed by atoms with Gasteiger partial charge in [0.2, 0.25) is 0 Å². The fourth-order valence-corrected chi connectivity index (χ4v) is 1.87. The summed E-state index contributed by atoms with van der Waals surface area (Å²) in [5.41, 5.74) is 0.330. The van der Waals surface area contributed by atoms with Gasteiger partial charge in [0, 0.05) is 44.4 Å². The van der Waals surface area contributed by atoms with Crippen molar-refractivity contribution in [1.82, 2.24) is 9.97 Å². The highest BCUT2D eigenvalue weighted by Gasteiger charge is 2.29. The maximum Gasteiger partial charge on any atom is 0.129 e. The first-order valence-electron chi connectivity index (χ1n) is 6.07. The molecule has 1 fully saturated rings. The molecular formula is C12H19N3O2. The summed E-state index contributed by atoms with van der Waals surface area (Å²) in [6, 6.07) is 1.92. The predicted octanol–water partition coefficient (Wildman–Crippen LogP) is 0.992. The Hall–Kier alpha value is -1.20. The number of hydrogen-bond acceptors (Lipinski definition) is 5. The molecular weight excluding hydrogens is 218 g/mol. The maximum absolute atomic E-state index is 10.3. The number of anilines is 1. The Bertz CT molecular complexity index is 365. The van der Waals surface area contributed by atoms with E-state index in [0.717, 1.165) is 17.9 Å². The summed E-state index contributed by atoms with van der Waals surface area (Å²) in [7, 11) is 0. The van der Waals surface area contributed by atoms with Gasteiger partial charge in [-0.25, -0.2) is 9.97 Å². The number of rotatable bonds is 4. The molecule has 5 nitrogen and oxygen atoms in total. The molecule has 0 radical (unpaired) electrons. The van der Waals surface area contributed by atoms with Gasteiger partial charge in [0.05, 0.1) is 5.60 Å². The van der Waals surface area contributed by atoms with Crippen molar-refractivity contribution in [2.45, 2.75) is 31.8 Å². The van der Waals surface area contributed by atoms with Gasteiger partial charge in [0.15, 0.2) is 0 Å². The van der Waals surface area contributed by atoms with Crippen molar-refractivity contribution in [3.05, 3.63) is 18.1 Å². The monoisotopic (exact) mass is 237 g/mol. The van der Waals surface area contributed by atoms with Crippen LogP contribution >= 0.6 is 0 Å². The second kappa shape index (κ2) is 5.42. The molecule has 0 amide bonds. The Morgan fingerprint density at radius 1 is 1.41 bits per heavy atom. The van der Waals surface area contributed by atoms with Crippen molar-refractivity contribution < 1.29 is 9.84 Å². The minimum atomic E-state index is -0.671. The number of aryl methyl sites for hydroxylation is 1. The fraction of sp³-hybridized carbons (Fsp3) is 0.667. The molecule has 17 heavy (non-hydrogen) atoms. The second-order valence-corrected chi connectivity index (χ2v) is 4.44. The average molecular weight is 237 g/mol. The molecule has 1 aliphatic heterocycles. The van der Waals surface area contributed by atoms with E-state index in [1.54, 1.807) is 6.33 Å². The summed E-state index contributed by atoms with van der Waals surface area (Å²) in [5.74, 6) is 0.775. The van der Waals surface area contributed by atoms with Gasteiger partial charge in [-0.2, -0.15) is 0 Å². The van der Waals surface area contributed by atoms with Crippen LogP contribution in [0, 0.1) is 0 Å². The summed E-state index contributed by atoms with van der Waals surface area (Å²) in [6.45, 7) is 3.82. The molecule has 1 aromatic heterocycles. The highest BCUT2D eigenvalue weighted by Crippen LogP contribution is 2.20. The van der Waals surface area contributed by atoms with Crippen LogP contribution in [0.3, 0.4) is 0 Å². The van der Waals surface area contributed by atoms with E-state index in [1.807, 2.05) is 6.07 Å². The van der Waals surface area contributed by atoms with Crippen molar-refractivity contribution in [3.63, 3.8) is 0 Å². The zero-order valence-corrected chi connectivity index (χ0v) is 10.1.